The molecule has 0 saturated carbocycles. The lowest BCUT2D eigenvalue weighted by molar-refractivity contribution is -0.324. The minimum atomic E-state index is -0.774. The van der Waals surface area contributed by atoms with E-state index in [2.05, 4.69) is 12.6 Å². The molecule has 4 rings (SSSR count). The number of carbonyl (C=O) groups excluding carboxylic acids is 2. The molecule has 0 aliphatic carbocycles. The van der Waals surface area contributed by atoms with E-state index in [1.54, 1.807) is 0 Å². The fourth-order valence-electron chi connectivity index (χ4n) is 3.91. The summed E-state index contributed by atoms with van der Waals surface area (Å²) in [6, 6.07) is 19.2. The van der Waals surface area contributed by atoms with Gasteiger partial charge in [-0.1, -0.05) is 60.7 Å². The van der Waals surface area contributed by atoms with Crippen LogP contribution in [0.15, 0.2) is 60.7 Å². The Kier molecular flexibility index (Phi) is 8.16. The highest BCUT2D eigenvalue weighted by Crippen LogP contribution is 2.37. The summed E-state index contributed by atoms with van der Waals surface area (Å²) in [6.07, 6.45) is -3.06. The largest absolute Gasteiger partial charge is 0.457 e. The molecular formula is C25H28O7S. The maximum absolute atomic E-state index is 12.6. The van der Waals surface area contributed by atoms with Crippen molar-refractivity contribution in [2.24, 2.45) is 0 Å². The predicted octanol–water partition coefficient (Wildman–Crippen LogP) is 3.62. The number of ether oxygens (including phenoxy) is 5. The normalized spacial score (nSPS) is 29.2. The first-order valence-electron chi connectivity index (χ1n) is 11.0. The van der Waals surface area contributed by atoms with Crippen molar-refractivity contribution in [3.05, 3.63) is 71.8 Å². The lowest BCUT2D eigenvalue weighted by Gasteiger charge is -2.47. The van der Waals surface area contributed by atoms with Gasteiger partial charge in [-0.3, -0.25) is 4.79 Å². The smallest absolute Gasteiger partial charge is 0.306 e. The van der Waals surface area contributed by atoms with Crippen LogP contribution in [0.3, 0.4) is 0 Å². The minimum absolute atomic E-state index is 0.00860. The fraction of sp³-hybridized carbons (Fsp3) is 0.440. The molecule has 2 saturated heterocycles. The van der Waals surface area contributed by atoms with Gasteiger partial charge in [0.05, 0.1) is 19.6 Å². The molecule has 0 spiro atoms. The van der Waals surface area contributed by atoms with Crippen molar-refractivity contribution in [1.29, 1.82) is 0 Å². The van der Waals surface area contributed by atoms with Crippen LogP contribution in [0.2, 0.25) is 0 Å². The van der Waals surface area contributed by atoms with Crippen LogP contribution in [0.25, 0.3) is 0 Å². The zero-order valence-electron chi connectivity index (χ0n) is 18.4. The van der Waals surface area contributed by atoms with E-state index in [1.807, 2.05) is 60.7 Å². The Bertz CT molecular complexity index is 923. The molecule has 2 heterocycles. The van der Waals surface area contributed by atoms with Gasteiger partial charge in [0.1, 0.15) is 29.5 Å². The number of thiol groups is 1. The number of hydrogen-bond donors (Lipinski definition) is 1. The van der Waals surface area contributed by atoms with E-state index in [4.69, 9.17) is 23.7 Å². The zero-order chi connectivity index (χ0) is 23.2. The number of Topliss-reactive ketones (excluding diaryl/α,β-unsaturated/α-hetero) is 1. The quantitative estimate of drug-likeness (QED) is 0.464. The Labute approximate surface area is 198 Å². The van der Waals surface area contributed by atoms with Gasteiger partial charge in [0.15, 0.2) is 12.4 Å². The van der Waals surface area contributed by atoms with Crippen LogP contribution in [0.1, 0.15) is 37.2 Å². The molecule has 0 aromatic heterocycles. The number of carbonyl (C=O) groups is 2. The SMILES string of the molecule is CC(=O)CCC(=O)O[C@H]1[C@H]2OC(c3ccccc3)OC[C@H]2OC(S)[C@@H]1OCc1ccccc1. The molecule has 2 aromatic carbocycles. The summed E-state index contributed by atoms with van der Waals surface area (Å²) in [6.45, 7) is 2.00. The van der Waals surface area contributed by atoms with Crippen molar-refractivity contribution in [2.45, 2.75) is 62.5 Å². The van der Waals surface area contributed by atoms with Gasteiger partial charge in [-0.15, -0.1) is 12.6 Å². The predicted molar refractivity (Wildman–Crippen MR) is 122 cm³/mol. The third-order valence-corrected chi connectivity index (χ3v) is 6.02. The first kappa shape index (κ1) is 23.9. The maximum atomic E-state index is 12.6. The van der Waals surface area contributed by atoms with Crippen LogP contribution < -0.4 is 0 Å². The molecule has 0 amide bonds. The molecular weight excluding hydrogens is 444 g/mol. The topological polar surface area (TPSA) is 80.3 Å². The van der Waals surface area contributed by atoms with Gasteiger partial charge >= 0.3 is 5.97 Å². The van der Waals surface area contributed by atoms with E-state index in [9.17, 15) is 9.59 Å². The molecule has 176 valence electrons. The third kappa shape index (κ3) is 6.22. The maximum Gasteiger partial charge on any atom is 0.306 e. The summed E-state index contributed by atoms with van der Waals surface area (Å²) in [4.78, 5) is 23.9. The van der Waals surface area contributed by atoms with Crippen LogP contribution in [0, 0.1) is 0 Å². The second kappa shape index (κ2) is 11.3. The van der Waals surface area contributed by atoms with Gasteiger partial charge in [0.25, 0.3) is 0 Å². The van der Waals surface area contributed by atoms with Gasteiger partial charge in [-0.2, -0.15) is 0 Å². The van der Waals surface area contributed by atoms with Crippen molar-refractivity contribution in [1.82, 2.24) is 0 Å². The minimum Gasteiger partial charge on any atom is -0.457 e. The molecule has 6 atom stereocenters. The van der Waals surface area contributed by atoms with Crippen molar-refractivity contribution in [3.63, 3.8) is 0 Å². The third-order valence-electron chi connectivity index (χ3n) is 5.61. The molecule has 2 aliphatic rings. The molecule has 0 N–H and O–H groups in total. The Hall–Kier alpha value is -2.23. The zero-order valence-corrected chi connectivity index (χ0v) is 19.3. The van der Waals surface area contributed by atoms with Crippen LogP contribution in [0.4, 0.5) is 0 Å². The second-order valence-electron chi connectivity index (χ2n) is 8.16. The Morgan fingerprint density at radius 1 is 0.970 bits per heavy atom. The standard InChI is InChI=1S/C25H28O7S/c1-16(26)12-13-20(27)31-22-21-19(15-29-24(32-21)18-10-6-3-7-11-18)30-25(33)23(22)28-14-17-8-4-2-5-9-17/h2-11,19,21-25,33H,12-15H2,1H3/t19-,21+,22+,23-,24?,25?/m1/s1. The van der Waals surface area contributed by atoms with Gasteiger partial charge < -0.3 is 28.5 Å². The molecule has 2 unspecified atom stereocenters. The van der Waals surface area contributed by atoms with E-state index in [0.29, 0.717) is 6.61 Å². The summed E-state index contributed by atoms with van der Waals surface area (Å²) in [5.74, 6) is -0.566. The Morgan fingerprint density at radius 2 is 1.67 bits per heavy atom. The number of rotatable bonds is 8. The van der Waals surface area contributed by atoms with Gasteiger partial charge in [0.2, 0.25) is 0 Å². The molecule has 0 radical (unpaired) electrons. The average Bonchev–Trinajstić information content (AvgIpc) is 2.83. The first-order valence-corrected chi connectivity index (χ1v) is 11.5. The molecule has 2 aromatic rings. The number of esters is 1. The summed E-state index contributed by atoms with van der Waals surface area (Å²) < 4.78 is 30.1. The first-order chi connectivity index (χ1) is 16.0. The summed E-state index contributed by atoms with van der Waals surface area (Å²) >= 11 is 4.57. The van der Waals surface area contributed by atoms with E-state index >= 15 is 0 Å². The van der Waals surface area contributed by atoms with Crippen molar-refractivity contribution in [2.75, 3.05) is 6.61 Å². The van der Waals surface area contributed by atoms with Gasteiger partial charge in [-0.05, 0) is 12.5 Å². The molecule has 2 fully saturated rings. The van der Waals surface area contributed by atoms with E-state index < -0.39 is 42.1 Å². The van der Waals surface area contributed by atoms with Crippen LogP contribution >= 0.6 is 12.6 Å². The second-order valence-corrected chi connectivity index (χ2v) is 8.67. The van der Waals surface area contributed by atoms with E-state index in [1.165, 1.54) is 6.92 Å². The van der Waals surface area contributed by atoms with E-state index in [0.717, 1.165) is 11.1 Å². The van der Waals surface area contributed by atoms with Crippen molar-refractivity contribution >= 4 is 24.4 Å². The van der Waals surface area contributed by atoms with Crippen LogP contribution in [0.5, 0.6) is 0 Å². The molecule has 0 bridgehead atoms. The highest BCUT2D eigenvalue weighted by atomic mass is 32.1. The fourth-order valence-corrected chi connectivity index (χ4v) is 4.32. The van der Waals surface area contributed by atoms with E-state index in [-0.39, 0.29) is 25.2 Å². The Balaban J connectivity index is 1.53. The average molecular weight is 473 g/mol. The highest BCUT2D eigenvalue weighted by Gasteiger charge is 2.51. The summed E-state index contributed by atoms with van der Waals surface area (Å²) in [5.41, 5.74) is 1.17. The number of hydrogen-bond acceptors (Lipinski definition) is 8. The molecule has 2 aliphatic heterocycles. The number of ketones is 1. The monoisotopic (exact) mass is 472 g/mol. The molecule has 33 heavy (non-hydrogen) atoms. The van der Waals surface area contributed by atoms with Crippen molar-refractivity contribution < 1.29 is 33.3 Å². The Morgan fingerprint density at radius 3 is 2.36 bits per heavy atom. The number of benzene rings is 2. The van der Waals surface area contributed by atoms with Crippen molar-refractivity contribution in [3.8, 4) is 0 Å². The lowest BCUT2D eigenvalue weighted by Crippen LogP contribution is -2.62. The lowest BCUT2D eigenvalue weighted by atomic mass is 9.98. The van der Waals surface area contributed by atoms with Gasteiger partial charge in [0, 0.05) is 12.0 Å². The molecule has 8 heteroatoms. The summed E-state index contributed by atoms with van der Waals surface area (Å²) in [5, 5.41) is 0. The highest BCUT2D eigenvalue weighted by molar-refractivity contribution is 7.80. The van der Waals surface area contributed by atoms with Gasteiger partial charge in [-0.25, -0.2) is 0 Å². The summed E-state index contributed by atoms with van der Waals surface area (Å²) in [7, 11) is 0. The van der Waals surface area contributed by atoms with Crippen LogP contribution in [-0.4, -0.2) is 48.2 Å². The van der Waals surface area contributed by atoms with Crippen LogP contribution in [-0.2, 0) is 39.9 Å². The number of fused-ring (bicyclic) bond motifs is 1. The molecule has 7 nitrogen and oxygen atoms in total.